The van der Waals surface area contributed by atoms with Crippen LogP contribution in [0, 0.1) is 0 Å². The van der Waals surface area contributed by atoms with Crippen LogP contribution < -0.4 is 5.56 Å². The van der Waals surface area contributed by atoms with Crippen LogP contribution in [0.5, 0.6) is 0 Å². The van der Waals surface area contributed by atoms with Crippen LogP contribution in [0.1, 0.15) is 22.8 Å². The summed E-state index contributed by atoms with van der Waals surface area (Å²) in [7, 11) is 3.84. The molecule has 0 saturated carbocycles. The van der Waals surface area contributed by atoms with Gasteiger partial charge in [-0.2, -0.15) is 0 Å². The van der Waals surface area contributed by atoms with Crippen LogP contribution in [0.2, 0.25) is 0 Å². The quantitative estimate of drug-likeness (QED) is 0.889. The minimum atomic E-state index is -1.19. The van der Waals surface area contributed by atoms with Gasteiger partial charge in [0.2, 0.25) is 0 Å². The molecule has 5 nitrogen and oxygen atoms in total. The van der Waals surface area contributed by atoms with Crippen LogP contribution in [-0.4, -0.2) is 41.2 Å². The zero-order chi connectivity index (χ0) is 17.0. The van der Waals surface area contributed by atoms with Gasteiger partial charge in [-0.15, -0.1) is 0 Å². The van der Waals surface area contributed by atoms with Crippen LogP contribution >= 0.6 is 0 Å². The summed E-state index contributed by atoms with van der Waals surface area (Å²) in [5.74, 6) is -1.19. The Labute approximate surface area is 135 Å². The Morgan fingerprint density at radius 2 is 1.78 bits per heavy atom. The minimum Gasteiger partial charge on any atom is -0.477 e. The van der Waals surface area contributed by atoms with Gasteiger partial charge in [-0.05, 0) is 43.8 Å². The smallest absolute Gasteiger partial charge is 0.341 e. The van der Waals surface area contributed by atoms with E-state index in [1.54, 1.807) is 10.6 Å². The van der Waals surface area contributed by atoms with Gasteiger partial charge in [0.1, 0.15) is 5.56 Å². The van der Waals surface area contributed by atoms with Crippen molar-refractivity contribution in [1.82, 2.24) is 9.47 Å². The molecule has 23 heavy (non-hydrogen) atoms. The van der Waals surface area contributed by atoms with E-state index in [0.717, 1.165) is 17.7 Å². The fourth-order valence-corrected chi connectivity index (χ4v) is 2.43. The van der Waals surface area contributed by atoms with E-state index in [0.29, 0.717) is 13.1 Å². The average molecular weight is 314 g/mol. The van der Waals surface area contributed by atoms with E-state index in [-0.39, 0.29) is 5.56 Å². The van der Waals surface area contributed by atoms with Gasteiger partial charge in [-0.25, -0.2) is 4.79 Å². The minimum absolute atomic E-state index is 0.197. The third-order valence-electron chi connectivity index (χ3n) is 3.83. The maximum Gasteiger partial charge on any atom is 0.341 e. The second-order valence-electron chi connectivity index (χ2n) is 5.75. The average Bonchev–Trinajstić information content (AvgIpc) is 2.53. The normalized spacial score (nSPS) is 11.0. The van der Waals surface area contributed by atoms with Gasteiger partial charge in [0, 0.05) is 13.1 Å². The third-order valence-corrected chi connectivity index (χ3v) is 3.83. The van der Waals surface area contributed by atoms with Crippen LogP contribution in [0.15, 0.2) is 41.2 Å². The summed E-state index contributed by atoms with van der Waals surface area (Å²) in [6, 6.07) is 11.1. The fraction of sp³-hybridized carbons (Fsp3) is 0.333. The molecule has 0 atom stereocenters. The van der Waals surface area contributed by atoms with E-state index < -0.39 is 11.5 Å². The number of likely N-dealkylation sites (N-methyl/N-ethyl adjacent to an activating group) is 1. The molecule has 2 aromatic rings. The molecule has 1 heterocycles. The number of pyridine rings is 1. The van der Waals surface area contributed by atoms with Gasteiger partial charge in [0.15, 0.2) is 0 Å². The summed E-state index contributed by atoms with van der Waals surface area (Å²) in [6.45, 7) is 3.19. The van der Waals surface area contributed by atoms with E-state index in [4.69, 9.17) is 0 Å². The lowest BCUT2D eigenvalue weighted by molar-refractivity contribution is 0.0694. The molecule has 0 unspecified atom stereocenters. The van der Waals surface area contributed by atoms with Gasteiger partial charge >= 0.3 is 5.97 Å². The summed E-state index contributed by atoms with van der Waals surface area (Å²) in [5.41, 5.74) is 2.21. The van der Waals surface area contributed by atoms with Gasteiger partial charge in [0.05, 0.1) is 5.69 Å². The largest absolute Gasteiger partial charge is 0.477 e. The number of nitrogens with zero attached hydrogens (tertiary/aromatic N) is 2. The first kappa shape index (κ1) is 17.0. The predicted molar refractivity (Wildman–Crippen MR) is 91.0 cm³/mol. The number of carbonyl (C=O) groups is 1. The number of aromatic nitrogens is 1. The van der Waals surface area contributed by atoms with E-state index in [2.05, 4.69) is 6.92 Å². The fourth-order valence-electron chi connectivity index (χ4n) is 2.43. The van der Waals surface area contributed by atoms with Gasteiger partial charge < -0.3 is 14.6 Å². The molecule has 122 valence electrons. The molecule has 2 rings (SSSR count). The molecule has 0 amide bonds. The Morgan fingerprint density at radius 3 is 2.30 bits per heavy atom. The zero-order valence-electron chi connectivity index (χ0n) is 13.7. The molecule has 0 aliphatic rings. The number of aryl methyl sites for hydroxylation is 1. The Hall–Kier alpha value is -2.40. The Kier molecular flexibility index (Phi) is 5.34. The predicted octanol–water partition coefficient (Wildman–Crippen LogP) is 2.34. The van der Waals surface area contributed by atoms with Gasteiger partial charge in [-0.1, -0.05) is 31.2 Å². The molecule has 0 radical (unpaired) electrons. The second-order valence-corrected chi connectivity index (χ2v) is 5.75. The lowest BCUT2D eigenvalue weighted by Gasteiger charge is -2.16. The standard InChI is InChI=1S/C18H22N2O3/c1-4-13-5-7-14(8-6-13)16-10-9-15(18(22)23)17(21)20(16)12-11-19(2)3/h5-10H,4,11-12H2,1-3H3,(H,22,23). The molecule has 0 aliphatic heterocycles. The van der Waals surface area contributed by atoms with Crippen molar-refractivity contribution < 1.29 is 9.90 Å². The SMILES string of the molecule is CCc1ccc(-c2ccc(C(=O)O)c(=O)n2CCN(C)C)cc1. The molecule has 0 bridgehead atoms. The van der Waals surface area contributed by atoms with Crippen molar-refractivity contribution in [3.63, 3.8) is 0 Å². The summed E-state index contributed by atoms with van der Waals surface area (Å²) in [6.07, 6.45) is 0.950. The van der Waals surface area contributed by atoms with Crippen molar-refractivity contribution in [2.24, 2.45) is 0 Å². The number of rotatable bonds is 6. The molecule has 0 saturated heterocycles. The van der Waals surface area contributed by atoms with Crippen molar-refractivity contribution in [2.45, 2.75) is 19.9 Å². The molecule has 0 spiro atoms. The van der Waals surface area contributed by atoms with E-state index in [9.17, 15) is 14.7 Å². The molecular formula is C18H22N2O3. The van der Waals surface area contributed by atoms with Crippen molar-refractivity contribution in [2.75, 3.05) is 20.6 Å². The molecule has 1 aromatic heterocycles. The van der Waals surface area contributed by atoms with Gasteiger partial charge in [-0.3, -0.25) is 4.79 Å². The summed E-state index contributed by atoms with van der Waals surface area (Å²) in [5, 5.41) is 9.17. The van der Waals surface area contributed by atoms with Crippen LogP contribution in [0.4, 0.5) is 0 Å². The highest BCUT2D eigenvalue weighted by Crippen LogP contribution is 2.19. The monoisotopic (exact) mass is 314 g/mol. The Balaban J connectivity index is 2.54. The maximum absolute atomic E-state index is 12.5. The highest BCUT2D eigenvalue weighted by molar-refractivity contribution is 5.87. The Bertz CT molecular complexity index is 746. The van der Waals surface area contributed by atoms with Crippen molar-refractivity contribution in [1.29, 1.82) is 0 Å². The first-order chi connectivity index (χ1) is 10.9. The van der Waals surface area contributed by atoms with Crippen molar-refractivity contribution in [3.8, 4) is 11.3 Å². The number of aromatic carboxylic acids is 1. The second kappa shape index (κ2) is 7.24. The summed E-state index contributed by atoms with van der Waals surface area (Å²) >= 11 is 0. The number of carboxylic acids is 1. The lowest BCUT2D eigenvalue weighted by Crippen LogP contribution is -2.31. The highest BCUT2D eigenvalue weighted by Gasteiger charge is 2.15. The third kappa shape index (κ3) is 3.87. The summed E-state index contributed by atoms with van der Waals surface area (Å²) in [4.78, 5) is 25.7. The lowest BCUT2D eigenvalue weighted by atomic mass is 10.1. The van der Waals surface area contributed by atoms with Crippen LogP contribution in [-0.2, 0) is 13.0 Å². The number of benzene rings is 1. The zero-order valence-corrected chi connectivity index (χ0v) is 13.7. The van der Waals surface area contributed by atoms with E-state index in [1.165, 1.54) is 11.6 Å². The van der Waals surface area contributed by atoms with Crippen molar-refractivity contribution in [3.05, 3.63) is 57.9 Å². The number of carboxylic acid groups (broad SMARTS) is 1. The first-order valence-electron chi connectivity index (χ1n) is 7.65. The molecule has 0 aliphatic carbocycles. The molecule has 5 heteroatoms. The topological polar surface area (TPSA) is 62.5 Å². The van der Waals surface area contributed by atoms with E-state index in [1.807, 2.05) is 43.3 Å². The molecular weight excluding hydrogens is 292 g/mol. The number of hydrogen-bond donors (Lipinski definition) is 1. The van der Waals surface area contributed by atoms with Crippen LogP contribution in [0.3, 0.4) is 0 Å². The molecule has 0 fully saturated rings. The molecule has 1 N–H and O–H groups in total. The summed E-state index contributed by atoms with van der Waals surface area (Å²) < 4.78 is 1.55. The Morgan fingerprint density at radius 1 is 1.13 bits per heavy atom. The van der Waals surface area contributed by atoms with Crippen molar-refractivity contribution >= 4 is 5.97 Å². The first-order valence-corrected chi connectivity index (χ1v) is 7.65. The molecule has 1 aromatic carbocycles. The highest BCUT2D eigenvalue weighted by atomic mass is 16.4. The van der Waals surface area contributed by atoms with Gasteiger partial charge in [0.25, 0.3) is 5.56 Å². The maximum atomic E-state index is 12.5. The van der Waals surface area contributed by atoms with Crippen LogP contribution in [0.25, 0.3) is 11.3 Å². The number of hydrogen-bond acceptors (Lipinski definition) is 3. The van der Waals surface area contributed by atoms with E-state index >= 15 is 0 Å².